The van der Waals surface area contributed by atoms with Gasteiger partial charge in [0.15, 0.2) is 5.96 Å². The lowest BCUT2D eigenvalue weighted by atomic mass is 10.3. The van der Waals surface area contributed by atoms with Crippen LogP contribution < -0.4 is 10.6 Å². The van der Waals surface area contributed by atoms with E-state index >= 15 is 0 Å². The van der Waals surface area contributed by atoms with Gasteiger partial charge in [0, 0.05) is 45.5 Å². The molecule has 0 atom stereocenters. The Morgan fingerprint density at radius 2 is 2.00 bits per heavy atom. The Kier molecular flexibility index (Phi) is 12.3. The summed E-state index contributed by atoms with van der Waals surface area (Å²) in [5.41, 5.74) is 1.03. The number of nitrogens with zero attached hydrogens (tertiary/aromatic N) is 3. The van der Waals surface area contributed by atoms with E-state index in [0.29, 0.717) is 5.96 Å². The second-order valence-electron chi connectivity index (χ2n) is 5.23. The van der Waals surface area contributed by atoms with Gasteiger partial charge in [0.25, 0.3) is 0 Å². The molecule has 0 saturated heterocycles. The fourth-order valence-corrected chi connectivity index (χ4v) is 1.70. The Bertz CT molecular complexity index is 465. The highest BCUT2D eigenvalue weighted by Gasteiger charge is 2.04. The number of carbonyl (C=O) groups is 1. The molecule has 130 valence electrons. The zero-order valence-electron chi connectivity index (χ0n) is 14.2. The van der Waals surface area contributed by atoms with E-state index in [2.05, 4.69) is 27.5 Å². The van der Waals surface area contributed by atoms with Crippen LogP contribution in [0, 0.1) is 0 Å². The summed E-state index contributed by atoms with van der Waals surface area (Å²) < 4.78 is 0. The quantitative estimate of drug-likeness (QED) is 0.283. The maximum absolute atomic E-state index is 11.6. The summed E-state index contributed by atoms with van der Waals surface area (Å²) in [6, 6.07) is 5.88. The van der Waals surface area contributed by atoms with Crippen LogP contribution in [0.3, 0.4) is 0 Å². The number of hydrogen-bond acceptors (Lipinski definition) is 3. The van der Waals surface area contributed by atoms with Crippen molar-refractivity contribution >= 4 is 35.8 Å². The van der Waals surface area contributed by atoms with Gasteiger partial charge in [0.1, 0.15) is 6.54 Å². The highest BCUT2D eigenvalue weighted by atomic mass is 127. The number of unbranched alkanes of at least 4 members (excludes halogenated alkanes) is 1. The number of likely N-dealkylation sites (N-methyl/N-ethyl adjacent to an activating group) is 1. The molecule has 1 aromatic heterocycles. The normalized spacial score (nSPS) is 10.7. The maximum Gasteiger partial charge on any atom is 0.243 e. The maximum atomic E-state index is 11.6. The molecule has 0 fully saturated rings. The zero-order chi connectivity index (χ0) is 16.2. The molecule has 23 heavy (non-hydrogen) atoms. The fraction of sp³-hybridized carbons (Fsp3) is 0.562. The lowest BCUT2D eigenvalue weighted by Crippen LogP contribution is -2.40. The summed E-state index contributed by atoms with van der Waals surface area (Å²) in [5, 5.41) is 6.50. The average Bonchev–Trinajstić information content (AvgIpc) is 2.52. The van der Waals surface area contributed by atoms with E-state index in [0.717, 1.165) is 38.0 Å². The minimum atomic E-state index is -0.0127. The van der Waals surface area contributed by atoms with Gasteiger partial charge in [-0.3, -0.25) is 9.78 Å². The zero-order valence-corrected chi connectivity index (χ0v) is 16.5. The number of carbonyl (C=O) groups excluding carboxylic acids is 1. The van der Waals surface area contributed by atoms with Crippen molar-refractivity contribution in [3.8, 4) is 0 Å². The molecule has 1 heterocycles. The molecule has 6 nitrogen and oxygen atoms in total. The molecule has 0 aliphatic heterocycles. The van der Waals surface area contributed by atoms with Crippen molar-refractivity contribution in [1.82, 2.24) is 20.5 Å². The molecule has 0 unspecified atom stereocenters. The van der Waals surface area contributed by atoms with Gasteiger partial charge in [0.2, 0.25) is 5.91 Å². The smallest absolute Gasteiger partial charge is 0.243 e. The number of hydrogen-bond donors (Lipinski definition) is 2. The van der Waals surface area contributed by atoms with Gasteiger partial charge in [-0.15, -0.1) is 24.0 Å². The molecular formula is C16H28IN5O. The Hall–Kier alpha value is -1.38. The first kappa shape index (κ1) is 21.6. The van der Waals surface area contributed by atoms with Crippen LogP contribution in [0.2, 0.25) is 0 Å². The molecule has 1 amide bonds. The number of guanidine groups is 1. The Morgan fingerprint density at radius 3 is 2.61 bits per heavy atom. The summed E-state index contributed by atoms with van der Waals surface area (Å²) in [6.07, 6.45) is 4.80. The second kappa shape index (κ2) is 13.1. The van der Waals surface area contributed by atoms with Crippen LogP contribution in [0.4, 0.5) is 0 Å². The molecule has 0 bridgehead atoms. The van der Waals surface area contributed by atoms with Gasteiger partial charge >= 0.3 is 0 Å². The van der Waals surface area contributed by atoms with E-state index < -0.39 is 0 Å². The molecule has 1 aromatic rings. The van der Waals surface area contributed by atoms with Crippen LogP contribution in [-0.2, 0) is 11.2 Å². The van der Waals surface area contributed by atoms with Crippen LogP contribution in [0.5, 0.6) is 0 Å². The molecule has 0 saturated carbocycles. The van der Waals surface area contributed by atoms with Crippen molar-refractivity contribution in [1.29, 1.82) is 0 Å². The number of pyridine rings is 1. The lowest BCUT2D eigenvalue weighted by molar-refractivity contribution is -0.127. The predicted molar refractivity (Wildman–Crippen MR) is 105 cm³/mol. The number of aromatic nitrogens is 1. The lowest BCUT2D eigenvalue weighted by Gasteiger charge is -2.13. The minimum absolute atomic E-state index is 0. The Balaban J connectivity index is 0.00000484. The van der Waals surface area contributed by atoms with Crippen molar-refractivity contribution in [2.75, 3.05) is 33.7 Å². The predicted octanol–water partition coefficient (Wildman–Crippen LogP) is 1.67. The summed E-state index contributed by atoms with van der Waals surface area (Å²) in [5.74, 6) is 0.667. The Morgan fingerprint density at radius 1 is 1.26 bits per heavy atom. The standard InChI is InChI=1S/C16H27N5O.HI/c1-4-5-10-18-16(20-13-15(22)21(2)3)19-12-9-14-8-6-7-11-17-14;/h6-8,11H,4-5,9-10,12-13H2,1-3H3,(H2,18,19,20);1H. The third-order valence-electron chi connectivity index (χ3n) is 3.09. The number of nitrogens with one attached hydrogen (secondary N) is 2. The summed E-state index contributed by atoms with van der Waals surface area (Å²) in [6.45, 7) is 3.87. The third-order valence-corrected chi connectivity index (χ3v) is 3.09. The van der Waals surface area contributed by atoms with Crippen LogP contribution >= 0.6 is 24.0 Å². The van der Waals surface area contributed by atoms with E-state index in [-0.39, 0.29) is 36.4 Å². The van der Waals surface area contributed by atoms with Crippen LogP contribution in [0.15, 0.2) is 29.4 Å². The fourth-order valence-electron chi connectivity index (χ4n) is 1.70. The molecule has 0 radical (unpaired) electrons. The van der Waals surface area contributed by atoms with Crippen LogP contribution in [0.25, 0.3) is 0 Å². The van der Waals surface area contributed by atoms with E-state index in [1.54, 1.807) is 25.2 Å². The number of rotatable bonds is 8. The Labute approximate surface area is 156 Å². The summed E-state index contributed by atoms with van der Waals surface area (Å²) in [4.78, 5) is 21.8. The van der Waals surface area contributed by atoms with E-state index in [4.69, 9.17) is 0 Å². The van der Waals surface area contributed by atoms with Gasteiger partial charge in [-0.05, 0) is 18.6 Å². The monoisotopic (exact) mass is 433 g/mol. The molecular weight excluding hydrogens is 405 g/mol. The number of aliphatic imine (C=N–C) groups is 1. The largest absolute Gasteiger partial charge is 0.356 e. The highest BCUT2D eigenvalue weighted by molar-refractivity contribution is 14.0. The number of halogens is 1. The topological polar surface area (TPSA) is 69.6 Å². The summed E-state index contributed by atoms with van der Waals surface area (Å²) >= 11 is 0. The average molecular weight is 433 g/mol. The molecule has 0 spiro atoms. The van der Waals surface area contributed by atoms with E-state index in [1.807, 2.05) is 18.2 Å². The van der Waals surface area contributed by atoms with Crippen molar-refractivity contribution in [2.45, 2.75) is 26.2 Å². The van der Waals surface area contributed by atoms with Gasteiger partial charge in [-0.25, -0.2) is 4.99 Å². The van der Waals surface area contributed by atoms with Crippen molar-refractivity contribution < 1.29 is 4.79 Å². The first-order valence-corrected chi connectivity index (χ1v) is 7.75. The molecule has 1 rings (SSSR count). The minimum Gasteiger partial charge on any atom is -0.356 e. The van der Waals surface area contributed by atoms with Gasteiger partial charge in [-0.1, -0.05) is 19.4 Å². The van der Waals surface area contributed by atoms with E-state index in [1.165, 1.54) is 0 Å². The van der Waals surface area contributed by atoms with Gasteiger partial charge in [0.05, 0.1) is 0 Å². The first-order chi connectivity index (χ1) is 10.6. The third kappa shape index (κ3) is 10.1. The highest BCUT2D eigenvalue weighted by Crippen LogP contribution is 1.93. The second-order valence-corrected chi connectivity index (χ2v) is 5.23. The van der Waals surface area contributed by atoms with Crippen molar-refractivity contribution in [3.05, 3.63) is 30.1 Å². The summed E-state index contributed by atoms with van der Waals surface area (Å²) in [7, 11) is 3.47. The van der Waals surface area contributed by atoms with Crippen molar-refractivity contribution in [2.24, 2.45) is 4.99 Å². The molecule has 2 N–H and O–H groups in total. The molecule has 0 aromatic carbocycles. The van der Waals surface area contributed by atoms with Gasteiger partial charge in [-0.2, -0.15) is 0 Å². The van der Waals surface area contributed by atoms with Gasteiger partial charge < -0.3 is 15.5 Å². The molecule has 0 aliphatic rings. The first-order valence-electron chi connectivity index (χ1n) is 7.75. The van der Waals surface area contributed by atoms with Crippen LogP contribution in [-0.4, -0.2) is 55.5 Å². The van der Waals surface area contributed by atoms with Crippen molar-refractivity contribution in [3.63, 3.8) is 0 Å². The number of amides is 1. The molecule has 7 heteroatoms. The molecule has 0 aliphatic carbocycles. The van der Waals surface area contributed by atoms with Crippen LogP contribution in [0.1, 0.15) is 25.5 Å². The SMILES string of the molecule is CCCCNC(=NCC(=O)N(C)C)NCCc1ccccn1.I. The van der Waals surface area contributed by atoms with E-state index in [9.17, 15) is 4.79 Å².